The summed E-state index contributed by atoms with van der Waals surface area (Å²) in [6, 6.07) is 3.70. The molecule has 0 bridgehead atoms. The number of aromatic nitrogens is 2. The van der Waals surface area contributed by atoms with E-state index < -0.39 is 0 Å². The highest BCUT2D eigenvalue weighted by Gasteiger charge is 2.12. The van der Waals surface area contributed by atoms with Crippen molar-refractivity contribution in [1.29, 1.82) is 0 Å². The van der Waals surface area contributed by atoms with Gasteiger partial charge in [-0.2, -0.15) is 0 Å². The highest BCUT2D eigenvalue weighted by molar-refractivity contribution is 7.09. The van der Waals surface area contributed by atoms with Crippen molar-refractivity contribution in [2.24, 2.45) is 0 Å². The number of carbonyl (C=O) groups is 1. The molecule has 0 saturated heterocycles. The van der Waals surface area contributed by atoms with Crippen LogP contribution in [-0.2, 0) is 0 Å². The summed E-state index contributed by atoms with van der Waals surface area (Å²) in [7, 11) is 3.42. The summed E-state index contributed by atoms with van der Waals surface area (Å²) >= 11 is 1.60. The summed E-state index contributed by atoms with van der Waals surface area (Å²) in [5.74, 6) is -0.106. The number of thiazole rings is 1. The van der Waals surface area contributed by atoms with Gasteiger partial charge in [0.1, 0.15) is 10.7 Å². The van der Waals surface area contributed by atoms with Crippen molar-refractivity contribution < 1.29 is 4.79 Å². The average Bonchev–Trinajstić information content (AvgIpc) is 2.92. The van der Waals surface area contributed by atoms with Gasteiger partial charge in [-0.25, -0.2) is 4.98 Å². The fraction of sp³-hybridized carbons (Fsp3) is 0.308. The molecule has 0 fully saturated rings. The van der Waals surface area contributed by atoms with Crippen LogP contribution in [0.2, 0.25) is 0 Å². The monoisotopic (exact) mass is 276 g/mol. The molecule has 2 rings (SSSR count). The normalized spacial score (nSPS) is 11.9. The summed E-state index contributed by atoms with van der Waals surface area (Å²) in [5.41, 5.74) is 1.30. The van der Waals surface area contributed by atoms with Gasteiger partial charge in [-0.05, 0) is 19.1 Å². The van der Waals surface area contributed by atoms with Gasteiger partial charge in [0.15, 0.2) is 0 Å². The number of anilines is 1. The van der Waals surface area contributed by atoms with Crippen LogP contribution in [0.3, 0.4) is 0 Å². The Hall–Kier alpha value is -1.95. The smallest absolute Gasteiger partial charge is 0.272 e. The molecule has 0 radical (unpaired) electrons. The zero-order valence-electron chi connectivity index (χ0n) is 11.1. The predicted molar refractivity (Wildman–Crippen MR) is 76.4 cm³/mol. The second kappa shape index (κ2) is 5.79. The van der Waals surface area contributed by atoms with E-state index in [-0.39, 0.29) is 11.9 Å². The van der Waals surface area contributed by atoms with Crippen LogP contribution in [0.1, 0.15) is 28.5 Å². The first-order valence-corrected chi connectivity index (χ1v) is 6.79. The molecular formula is C13H16N4OS. The van der Waals surface area contributed by atoms with Crippen molar-refractivity contribution in [1.82, 2.24) is 14.9 Å². The number of amides is 1. The number of nitrogens with one attached hydrogen (secondary N) is 1. The van der Waals surface area contributed by atoms with Gasteiger partial charge in [-0.3, -0.25) is 9.78 Å². The molecule has 1 unspecified atom stereocenters. The standard InChI is InChI=1S/C13H16N4OS/c1-9(12-15-6-7-19-12)16-10-4-5-14-11(8-10)13(18)17(2)3/h4-9H,1-3H3,(H,14,16). The van der Waals surface area contributed by atoms with Crippen LogP contribution in [0.5, 0.6) is 0 Å². The topological polar surface area (TPSA) is 58.1 Å². The molecule has 0 aliphatic rings. The van der Waals surface area contributed by atoms with Gasteiger partial charge in [0.05, 0.1) is 6.04 Å². The molecule has 0 spiro atoms. The number of rotatable bonds is 4. The number of carbonyl (C=O) groups excluding carboxylic acids is 1. The van der Waals surface area contributed by atoms with Gasteiger partial charge in [-0.1, -0.05) is 0 Å². The molecule has 2 aromatic rings. The van der Waals surface area contributed by atoms with E-state index in [1.165, 1.54) is 4.90 Å². The Morgan fingerprint density at radius 2 is 2.16 bits per heavy atom. The Bertz CT molecular complexity index is 554. The Kier molecular flexibility index (Phi) is 4.11. The Morgan fingerprint density at radius 3 is 2.79 bits per heavy atom. The van der Waals surface area contributed by atoms with Crippen molar-refractivity contribution in [3.63, 3.8) is 0 Å². The van der Waals surface area contributed by atoms with Gasteiger partial charge in [0.2, 0.25) is 0 Å². The van der Waals surface area contributed by atoms with Crippen molar-refractivity contribution >= 4 is 22.9 Å². The van der Waals surface area contributed by atoms with Crippen LogP contribution in [0, 0.1) is 0 Å². The minimum Gasteiger partial charge on any atom is -0.376 e. The molecule has 0 aliphatic heterocycles. The van der Waals surface area contributed by atoms with Crippen molar-refractivity contribution in [2.75, 3.05) is 19.4 Å². The first-order valence-electron chi connectivity index (χ1n) is 5.91. The van der Waals surface area contributed by atoms with E-state index in [2.05, 4.69) is 15.3 Å². The van der Waals surface area contributed by atoms with Gasteiger partial charge < -0.3 is 10.2 Å². The minimum atomic E-state index is -0.106. The van der Waals surface area contributed by atoms with E-state index in [4.69, 9.17) is 0 Å². The molecule has 100 valence electrons. The predicted octanol–water partition coefficient (Wildman–Crippen LogP) is 2.41. The molecule has 5 nitrogen and oxygen atoms in total. The van der Waals surface area contributed by atoms with Crippen LogP contribution in [0.25, 0.3) is 0 Å². The molecule has 19 heavy (non-hydrogen) atoms. The second-order valence-electron chi connectivity index (χ2n) is 4.37. The van der Waals surface area contributed by atoms with E-state index in [9.17, 15) is 4.79 Å². The average molecular weight is 276 g/mol. The highest BCUT2D eigenvalue weighted by atomic mass is 32.1. The summed E-state index contributed by atoms with van der Waals surface area (Å²) in [6.45, 7) is 2.03. The summed E-state index contributed by atoms with van der Waals surface area (Å²) < 4.78 is 0. The fourth-order valence-corrected chi connectivity index (χ4v) is 2.27. The van der Waals surface area contributed by atoms with E-state index >= 15 is 0 Å². The highest BCUT2D eigenvalue weighted by Crippen LogP contribution is 2.21. The molecule has 1 amide bonds. The van der Waals surface area contributed by atoms with Crippen molar-refractivity contribution in [3.05, 3.63) is 40.6 Å². The number of nitrogens with zero attached hydrogens (tertiary/aromatic N) is 3. The lowest BCUT2D eigenvalue weighted by atomic mass is 10.2. The largest absolute Gasteiger partial charge is 0.376 e. The second-order valence-corrected chi connectivity index (χ2v) is 5.29. The van der Waals surface area contributed by atoms with E-state index in [1.807, 2.05) is 18.4 Å². The van der Waals surface area contributed by atoms with Crippen molar-refractivity contribution in [2.45, 2.75) is 13.0 Å². The van der Waals surface area contributed by atoms with Gasteiger partial charge in [0, 0.05) is 37.6 Å². The molecule has 0 saturated carbocycles. The molecule has 0 aromatic carbocycles. The van der Waals surface area contributed by atoms with E-state index in [1.54, 1.807) is 43.9 Å². The molecule has 1 N–H and O–H groups in total. The Morgan fingerprint density at radius 1 is 1.37 bits per heavy atom. The third-order valence-corrected chi connectivity index (χ3v) is 3.55. The number of hydrogen-bond donors (Lipinski definition) is 1. The lowest BCUT2D eigenvalue weighted by Gasteiger charge is -2.14. The molecule has 1 atom stereocenters. The SMILES string of the molecule is CC(Nc1ccnc(C(=O)N(C)C)c1)c1nccs1. The number of pyridine rings is 1. The summed E-state index contributed by atoms with van der Waals surface area (Å²) in [4.78, 5) is 21.7. The van der Waals surface area contributed by atoms with Crippen LogP contribution < -0.4 is 5.32 Å². The molecule has 2 aromatic heterocycles. The first kappa shape index (κ1) is 13.5. The van der Waals surface area contributed by atoms with Gasteiger partial charge in [-0.15, -0.1) is 11.3 Å². The van der Waals surface area contributed by atoms with Crippen LogP contribution in [0.4, 0.5) is 5.69 Å². The minimum absolute atomic E-state index is 0.102. The van der Waals surface area contributed by atoms with E-state index in [0.717, 1.165) is 10.7 Å². The maximum absolute atomic E-state index is 11.8. The molecule has 2 heterocycles. The van der Waals surface area contributed by atoms with Crippen LogP contribution in [-0.4, -0.2) is 34.9 Å². The zero-order chi connectivity index (χ0) is 13.8. The zero-order valence-corrected chi connectivity index (χ0v) is 11.9. The van der Waals surface area contributed by atoms with Gasteiger partial charge in [0.25, 0.3) is 5.91 Å². The first-order chi connectivity index (χ1) is 9.08. The molecule has 6 heteroatoms. The third kappa shape index (κ3) is 3.29. The fourth-order valence-electron chi connectivity index (χ4n) is 1.63. The molecule has 0 aliphatic carbocycles. The third-order valence-electron chi connectivity index (χ3n) is 2.59. The van der Waals surface area contributed by atoms with Gasteiger partial charge >= 0.3 is 0 Å². The lowest BCUT2D eigenvalue weighted by molar-refractivity contribution is 0.0822. The van der Waals surface area contributed by atoms with Crippen molar-refractivity contribution in [3.8, 4) is 0 Å². The maximum atomic E-state index is 11.8. The Labute approximate surface area is 116 Å². The summed E-state index contributed by atoms with van der Waals surface area (Å²) in [6.07, 6.45) is 3.42. The van der Waals surface area contributed by atoms with E-state index in [0.29, 0.717) is 5.69 Å². The van der Waals surface area contributed by atoms with Crippen LogP contribution >= 0.6 is 11.3 Å². The molecular weight excluding hydrogens is 260 g/mol. The quantitative estimate of drug-likeness (QED) is 0.931. The van der Waals surface area contributed by atoms with Crippen LogP contribution in [0.15, 0.2) is 29.9 Å². The maximum Gasteiger partial charge on any atom is 0.272 e. The number of hydrogen-bond acceptors (Lipinski definition) is 5. The lowest BCUT2D eigenvalue weighted by Crippen LogP contribution is -2.22. The summed E-state index contributed by atoms with van der Waals surface area (Å²) in [5, 5.41) is 6.27. The Balaban J connectivity index is 2.13.